The molecule has 0 heterocycles. The van der Waals surface area contributed by atoms with E-state index in [4.69, 9.17) is 0 Å². The van der Waals surface area contributed by atoms with E-state index >= 15 is 0 Å². The molecule has 24 heavy (non-hydrogen) atoms. The van der Waals surface area contributed by atoms with Gasteiger partial charge in [-0.25, -0.2) is 0 Å². The molecule has 0 aromatic heterocycles. The van der Waals surface area contributed by atoms with Crippen LogP contribution in [0.3, 0.4) is 0 Å². The highest BCUT2D eigenvalue weighted by Gasteiger charge is 2.10. The summed E-state index contributed by atoms with van der Waals surface area (Å²) in [6.07, 6.45) is 4.51. The smallest absolute Gasteiger partial charge is 0.00229 e. The molecule has 0 nitrogen and oxygen atoms in total. The molecule has 0 saturated carbocycles. The topological polar surface area (TPSA) is 0 Å². The van der Waals surface area contributed by atoms with E-state index in [1.807, 2.05) is 0 Å². The average molecular weight is 322 g/mol. The predicted octanol–water partition coefficient (Wildman–Crippen LogP) is 7.12. The molecule has 0 atom stereocenters. The first-order valence-corrected chi connectivity index (χ1v) is 9.41. The second-order valence-corrected chi connectivity index (χ2v) is 8.02. The molecule has 1 radical (unpaired) electrons. The summed E-state index contributed by atoms with van der Waals surface area (Å²) in [6.45, 7) is 13.7. The van der Waals surface area contributed by atoms with Gasteiger partial charge in [-0.3, -0.25) is 0 Å². The Hall–Kier alpha value is -1.56. The lowest BCUT2D eigenvalue weighted by atomic mass is 9.89. The van der Waals surface area contributed by atoms with Crippen LogP contribution in [0.4, 0.5) is 0 Å². The lowest BCUT2D eigenvalue weighted by molar-refractivity contribution is 0.644. The van der Waals surface area contributed by atoms with Gasteiger partial charge in [0.15, 0.2) is 0 Å². The first-order valence-electron chi connectivity index (χ1n) is 9.41. The summed E-state index contributed by atoms with van der Waals surface area (Å²) in [5.74, 6) is 1.88. The van der Waals surface area contributed by atoms with Crippen molar-refractivity contribution in [2.45, 2.75) is 66.2 Å². The van der Waals surface area contributed by atoms with Crippen molar-refractivity contribution in [1.29, 1.82) is 0 Å². The Balaban J connectivity index is 2.15. The van der Waals surface area contributed by atoms with Crippen LogP contribution in [0.15, 0.2) is 42.5 Å². The Morgan fingerprint density at radius 2 is 1.46 bits per heavy atom. The fourth-order valence-corrected chi connectivity index (χ4v) is 3.03. The van der Waals surface area contributed by atoms with Gasteiger partial charge in [0.05, 0.1) is 0 Å². The van der Waals surface area contributed by atoms with Crippen molar-refractivity contribution in [2.24, 2.45) is 5.92 Å². The lowest BCUT2D eigenvalue weighted by Crippen LogP contribution is -2.01. The Kier molecular flexibility index (Phi) is 6.66. The van der Waals surface area contributed by atoms with E-state index in [0.717, 1.165) is 18.8 Å². The molecule has 0 bridgehead atoms. The molecule has 0 N–H and O–H groups in total. The second kappa shape index (κ2) is 8.51. The van der Waals surface area contributed by atoms with Gasteiger partial charge in [-0.2, -0.15) is 0 Å². The van der Waals surface area contributed by atoms with Crippen LogP contribution in [-0.2, 0) is 6.42 Å². The van der Waals surface area contributed by atoms with Gasteiger partial charge in [0, 0.05) is 0 Å². The summed E-state index contributed by atoms with van der Waals surface area (Å²) in [5, 5.41) is 0. The van der Waals surface area contributed by atoms with E-state index < -0.39 is 0 Å². The van der Waals surface area contributed by atoms with Gasteiger partial charge < -0.3 is 0 Å². The van der Waals surface area contributed by atoms with Gasteiger partial charge in [-0.05, 0) is 64.8 Å². The van der Waals surface area contributed by atoms with Crippen molar-refractivity contribution in [3.8, 4) is 0 Å². The van der Waals surface area contributed by atoms with Crippen LogP contribution in [0, 0.1) is 12.3 Å². The number of benzene rings is 2. The first-order chi connectivity index (χ1) is 11.4. The highest BCUT2D eigenvalue weighted by molar-refractivity contribution is 5.39. The third-order valence-corrected chi connectivity index (χ3v) is 4.66. The SMILES string of the molecule is CC(C)C[CH]c1ccc(Cc2ccc(C(C)C)cc2C(C)C)cc1. The van der Waals surface area contributed by atoms with Gasteiger partial charge >= 0.3 is 0 Å². The van der Waals surface area contributed by atoms with Gasteiger partial charge in [0.25, 0.3) is 0 Å². The fourth-order valence-electron chi connectivity index (χ4n) is 3.03. The fraction of sp³-hybridized carbons (Fsp3) is 0.458. The molecule has 0 saturated heterocycles. The lowest BCUT2D eigenvalue weighted by Gasteiger charge is -2.17. The minimum atomic E-state index is 0.567. The minimum Gasteiger partial charge on any atom is -0.0628 e. The van der Waals surface area contributed by atoms with E-state index in [1.54, 1.807) is 0 Å². The van der Waals surface area contributed by atoms with E-state index in [1.165, 1.54) is 27.8 Å². The highest BCUT2D eigenvalue weighted by Crippen LogP contribution is 2.27. The zero-order valence-corrected chi connectivity index (χ0v) is 16.3. The van der Waals surface area contributed by atoms with Crippen molar-refractivity contribution in [3.05, 3.63) is 76.7 Å². The Morgan fingerprint density at radius 1 is 0.792 bits per heavy atom. The van der Waals surface area contributed by atoms with Crippen molar-refractivity contribution in [1.82, 2.24) is 0 Å². The molecule has 0 unspecified atom stereocenters. The summed E-state index contributed by atoms with van der Waals surface area (Å²) >= 11 is 0. The molecule has 0 fully saturated rings. The highest BCUT2D eigenvalue weighted by atomic mass is 14.2. The third kappa shape index (κ3) is 5.23. The zero-order chi connectivity index (χ0) is 17.7. The van der Waals surface area contributed by atoms with Crippen molar-refractivity contribution in [2.75, 3.05) is 0 Å². The Labute approximate surface area is 149 Å². The summed E-state index contributed by atoms with van der Waals surface area (Å²) in [7, 11) is 0. The monoisotopic (exact) mass is 321 g/mol. The van der Waals surface area contributed by atoms with Gasteiger partial charge in [-0.1, -0.05) is 84.0 Å². The third-order valence-electron chi connectivity index (χ3n) is 4.66. The molecule has 0 aliphatic heterocycles. The maximum absolute atomic E-state index is 2.41. The predicted molar refractivity (Wildman–Crippen MR) is 107 cm³/mol. The molecular formula is C24H33. The summed E-state index contributed by atoms with van der Waals surface area (Å²) in [6, 6.07) is 16.1. The van der Waals surface area contributed by atoms with Gasteiger partial charge in [-0.15, -0.1) is 0 Å². The summed E-state index contributed by atoms with van der Waals surface area (Å²) in [4.78, 5) is 0. The molecule has 0 amide bonds. The maximum atomic E-state index is 2.41. The molecule has 2 rings (SSSR count). The first kappa shape index (κ1) is 18.8. The van der Waals surface area contributed by atoms with Crippen molar-refractivity contribution in [3.63, 3.8) is 0 Å². The normalized spacial score (nSPS) is 11.7. The quantitative estimate of drug-likeness (QED) is 0.509. The van der Waals surface area contributed by atoms with Crippen LogP contribution >= 0.6 is 0 Å². The molecule has 0 spiro atoms. The zero-order valence-electron chi connectivity index (χ0n) is 16.3. The van der Waals surface area contributed by atoms with Crippen molar-refractivity contribution >= 4 is 0 Å². The standard InChI is InChI=1S/C24H33/c1-17(2)7-8-20-9-11-21(12-10-20)15-23-14-13-22(18(3)4)16-24(23)19(5)6/h8-14,16-19H,7,15H2,1-6H3. The number of hydrogen-bond donors (Lipinski definition) is 0. The van der Waals surface area contributed by atoms with E-state index in [9.17, 15) is 0 Å². The van der Waals surface area contributed by atoms with E-state index in [0.29, 0.717) is 11.8 Å². The van der Waals surface area contributed by atoms with Crippen LogP contribution in [0.1, 0.15) is 87.6 Å². The second-order valence-electron chi connectivity index (χ2n) is 8.02. The van der Waals surface area contributed by atoms with Crippen LogP contribution < -0.4 is 0 Å². The Bertz CT molecular complexity index is 630. The largest absolute Gasteiger partial charge is 0.0628 e. The molecule has 0 aliphatic carbocycles. The van der Waals surface area contributed by atoms with Crippen molar-refractivity contribution < 1.29 is 0 Å². The van der Waals surface area contributed by atoms with E-state index in [-0.39, 0.29) is 0 Å². The molecular weight excluding hydrogens is 288 g/mol. The van der Waals surface area contributed by atoms with E-state index in [2.05, 4.69) is 90.4 Å². The van der Waals surface area contributed by atoms with Crippen LogP contribution in [0.2, 0.25) is 0 Å². The number of rotatable bonds is 7. The molecule has 129 valence electrons. The minimum absolute atomic E-state index is 0.567. The summed E-state index contributed by atoms with van der Waals surface area (Å²) < 4.78 is 0. The summed E-state index contributed by atoms with van der Waals surface area (Å²) in [5.41, 5.74) is 7.15. The van der Waals surface area contributed by atoms with Crippen LogP contribution in [-0.4, -0.2) is 0 Å². The number of hydrogen-bond acceptors (Lipinski definition) is 0. The maximum Gasteiger partial charge on any atom is -0.00229 e. The van der Waals surface area contributed by atoms with Gasteiger partial charge in [0.1, 0.15) is 0 Å². The van der Waals surface area contributed by atoms with Crippen LogP contribution in [0.25, 0.3) is 0 Å². The molecule has 0 heteroatoms. The Morgan fingerprint density at radius 3 is 2.00 bits per heavy atom. The average Bonchev–Trinajstić information content (AvgIpc) is 2.54. The molecule has 0 aliphatic rings. The van der Waals surface area contributed by atoms with Gasteiger partial charge in [0.2, 0.25) is 0 Å². The van der Waals surface area contributed by atoms with Crippen LogP contribution in [0.5, 0.6) is 0 Å². The molecule has 2 aromatic rings. The molecule has 2 aromatic carbocycles.